The minimum Gasteiger partial charge on any atom is -0.340 e. The summed E-state index contributed by atoms with van der Waals surface area (Å²) in [5, 5.41) is 25.5. The van der Waals surface area contributed by atoms with Gasteiger partial charge in [0.25, 0.3) is 11.6 Å². The van der Waals surface area contributed by atoms with Crippen molar-refractivity contribution in [3.63, 3.8) is 0 Å². The van der Waals surface area contributed by atoms with Crippen LogP contribution in [0.25, 0.3) is 0 Å². The molecule has 0 saturated carbocycles. The van der Waals surface area contributed by atoms with E-state index < -0.39 is 10.8 Å². The van der Waals surface area contributed by atoms with Crippen molar-refractivity contribution in [3.8, 4) is 6.07 Å². The molecule has 1 aromatic rings. The summed E-state index contributed by atoms with van der Waals surface area (Å²) in [5.74, 6) is 0.264. The number of nitriles is 1. The first kappa shape index (κ1) is 15.5. The largest absolute Gasteiger partial charge is 0.340 e. The SMILES string of the molecule is N#C/C(=C/NC1=NCCS1)C(=O)Nc1ccc([N+](=O)[O-])cc1. The molecule has 2 N–H and O–H groups in total. The van der Waals surface area contributed by atoms with E-state index in [2.05, 4.69) is 15.6 Å². The molecule has 112 valence electrons. The first-order valence-corrected chi connectivity index (χ1v) is 7.18. The average molecular weight is 317 g/mol. The van der Waals surface area contributed by atoms with Gasteiger partial charge in [-0.25, -0.2) is 0 Å². The fourth-order valence-electron chi connectivity index (χ4n) is 1.57. The molecule has 0 aliphatic carbocycles. The van der Waals surface area contributed by atoms with Crippen LogP contribution in [0.4, 0.5) is 11.4 Å². The second kappa shape index (κ2) is 7.24. The quantitative estimate of drug-likeness (QED) is 0.377. The number of nitrogens with zero attached hydrogens (tertiary/aromatic N) is 3. The standard InChI is InChI=1S/C13H11N5O3S/c14-7-9(8-16-13-15-5-6-22-13)12(19)17-10-1-3-11(4-2-10)18(20)21/h1-4,8H,5-6H2,(H,15,16)(H,17,19)/b9-8-. The lowest BCUT2D eigenvalue weighted by Gasteiger charge is -2.04. The molecule has 0 unspecified atom stereocenters. The van der Waals surface area contributed by atoms with Crippen LogP contribution in [0, 0.1) is 21.4 Å². The van der Waals surface area contributed by atoms with E-state index in [1.165, 1.54) is 42.2 Å². The third-order valence-electron chi connectivity index (χ3n) is 2.63. The normalized spacial score (nSPS) is 14.0. The highest BCUT2D eigenvalue weighted by molar-refractivity contribution is 8.14. The van der Waals surface area contributed by atoms with Crippen LogP contribution in [0.5, 0.6) is 0 Å². The van der Waals surface area contributed by atoms with E-state index in [0.29, 0.717) is 17.4 Å². The van der Waals surface area contributed by atoms with Gasteiger partial charge in [0.15, 0.2) is 5.17 Å². The number of hydrogen-bond acceptors (Lipinski definition) is 7. The topological polar surface area (TPSA) is 120 Å². The Kier molecular flexibility index (Phi) is 5.11. The Balaban J connectivity index is 2.01. The predicted octanol–water partition coefficient (Wildman–Crippen LogP) is 1.63. The molecule has 1 amide bonds. The van der Waals surface area contributed by atoms with Gasteiger partial charge in [-0.15, -0.1) is 0 Å². The summed E-state index contributed by atoms with van der Waals surface area (Å²) >= 11 is 1.50. The average Bonchev–Trinajstić information content (AvgIpc) is 3.01. The van der Waals surface area contributed by atoms with E-state index in [9.17, 15) is 14.9 Å². The van der Waals surface area contributed by atoms with Crippen LogP contribution in [-0.2, 0) is 4.79 Å². The zero-order valence-electron chi connectivity index (χ0n) is 11.3. The second-order valence-corrected chi connectivity index (χ2v) is 5.19. The summed E-state index contributed by atoms with van der Waals surface area (Å²) in [6, 6.07) is 7.13. The number of anilines is 1. The molecule has 0 atom stereocenters. The maximum atomic E-state index is 11.9. The molecule has 0 fully saturated rings. The maximum Gasteiger partial charge on any atom is 0.269 e. The Morgan fingerprint density at radius 1 is 1.45 bits per heavy atom. The smallest absolute Gasteiger partial charge is 0.269 e. The van der Waals surface area contributed by atoms with Crippen molar-refractivity contribution in [1.82, 2.24) is 5.32 Å². The summed E-state index contributed by atoms with van der Waals surface area (Å²) in [4.78, 5) is 26.1. The van der Waals surface area contributed by atoms with E-state index in [0.717, 1.165) is 5.75 Å². The van der Waals surface area contributed by atoms with E-state index in [4.69, 9.17) is 5.26 Å². The summed E-state index contributed by atoms with van der Waals surface area (Å²) in [5.41, 5.74) is 0.171. The van der Waals surface area contributed by atoms with Crippen LogP contribution >= 0.6 is 11.8 Å². The fourth-order valence-corrected chi connectivity index (χ4v) is 2.27. The number of rotatable bonds is 4. The summed E-state index contributed by atoms with van der Waals surface area (Å²) < 4.78 is 0. The van der Waals surface area contributed by atoms with Crippen molar-refractivity contribution in [1.29, 1.82) is 5.26 Å². The molecule has 0 aromatic heterocycles. The van der Waals surface area contributed by atoms with E-state index in [-0.39, 0.29) is 11.3 Å². The van der Waals surface area contributed by atoms with Crippen molar-refractivity contribution in [3.05, 3.63) is 46.2 Å². The van der Waals surface area contributed by atoms with Crippen LogP contribution in [0.15, 0.2) is 41.0 Å². The molecule has 9 heteroatoms. The van der Waals surface area contributed by atoms with Crippen molar-refractivity contribution in [2.45, 2.75) is 0 Å². The monoisotopic (exact) mass is 317 g/mol. The third kappa shape index (κ3) is 4.07. The van der Waals surface area contributed by atoms with Crippen molar-refractivity contribution >= 4 is 34.2 Å². The molecule has 1 aromatic carbocycles. The molecular weight excluding hydrogens is 306 g/mol. The first-order valence-electron chi connectivity index (χ1n) is 6.20. The van der Waals surface area contributed by atoms with Gasteiger partial charge in [0.2, 0.25) is 0 Å². The Morgan fingerprint density at radius 2 is 2.18 bits per heavy atom. The number of thioether (sulfide) groups is 1. The number of amidine groups is 1. The zero-order valence-corrected chi connectivity index (χ0v) is 12.1. The molecule has 0 spiro atoms. The van der Waals surface area contributed by atoms with Gasteiger partial charge in [0.1, 0.15) is 11.6 Å². The fraction of sp³-hybridized carbons (Fsp3) is 0.154. The minimum atomic E-state index is -0.604. The number of hydrogen-bond donors (Lipinski definition) is 2. The molecule has 1 aliphatic rings. The van der Waals surface area contributed by atoms with Gasteiger partial charge in [0.05, 0.1) is 11.5 Å². The number of amides is 1. The van der Waals surface area contributed by atoms with Gasteiger partial charge in [-0.3, -0.25) is 19.9 Å². The number of nitro groups is 1. The molecule has 0 bridgehead atoms. The van der Waals surface area contributed by atoms with Gasteiger partial charge in [-0.1, -0.05) is 11.8 Å². The number of nitro benzene ring substituents is 1. The van der Waals surface area contributed by atoms with Gasteiger partial charge in [0, 0.05) is 29.8 Å². The lowest BCUT2D eigenvalue weighted by atomic mass is 10.2. The number of nitrogens with one attached hydrogen (secondary N) is 2. The number of carbonyl (C=O) groups excluding carboxylic acids is 1. The first-order chi connectivity index (χ1) is 10.6. The summed E-state index contributed by atoms with van der Waals surface area (Å²) in [6.45, 7) is 0.706. The molecule has 8 nitrogen and oxygen atoms in total. The number of benzene rings is 1. The van der Waals surface area contributed by atoms with Crippen LogP contribution in [0.3, 0.4) is 0 Å². The van der Waals surface area contributed by atoms with Crippen molar-refractivity contribution < 1.29 is 9.72 Å². The van der Waals surface area contributed by atoms with Gasteiger partial charge in [-0.05, 0) is 12.1 Å². The molecule has 22 heavy (non-hydrogen) atoms. The Morgan fingerprint density at radius 3 is 2.73 bits per heavy atom. The predicted molar refractivity (Wildman–Crippen MR) is 83.3 cm³/mol. The maximum absolute atomic E-state index is 11.9. The zero-order chi connectivity index (χ0) is 15.9. The van der Waals surface area contributed by atoms with Crippen LogP contribution in [0.1, 0.15) is 0 Å². The molecular formula is C13H11N5O3S. The summed E-state index contributed by atoms with van der Waals surface area (Å²) in [6.07, 6.45) is 1.29. The Bertz CT molecular complexity index is 691. The Labute approximate surface area is 130 Å². The minimum absolute atomic E-state index is 0.0769. The van der Waals surface area contributed by atoms with Crippen LogP contribution in [0.2, 0.25) is 0 Å². The van der Waals surface area contributed by atoms with E-state index in [1.54, 1.807) is 6.07 Å². The van der Waals surface area contributed by atoms with Crippen LogP contribution < -0.4 is 10.6 Å². The van der Waals surface area contributed by atoms with Crippen LogP contribution in [-0.4, -0.2) is 28.3 Å². The highest BCUT2D eigenvalue weighted by atomic mass is 32.2. The van der Waals surface area contributed by atoms with Crippen molar-refractivity contribution in [2.24, 2.45) is 4.99 Å². The lowest BCUT2D eigenvalue weighted by Crippen LogP contribution is -2.18. The Hall–Kier alpha value is -2.86. The number of aliphatic imine (C=N–C) groups is 1. The highest BCUT2D eigenvalue weighted by Crippen LogP contribution is 2.16. The van der Waals surface area contributed by atoms with E-state index >= 15 is 0 Å². The van der Waals surface area contributed by atoms with Gasteiger partial charge >= 0.3 is 0 Å². The molecule has 0 saturated heterocycles. The lowest BCUT2D eigenvalue weighted by molar-refractivity contribution is -0.384. The highest BCUT2D eigenvalue weighted by Gasteiger charge is 2.12. The number of non-ortho nitro benzene ring substituents is 1. The molecule has 0 radical (unpaired) electrons. The van der Waals surface area contributed by atoms with Gasteiger partial charge in [-0.2, -0.15) is 5.26 Å². The third-order valence-corrected chi connectivity index (χ3v) is 3.53. The number of carbonyl (C=O) groups is 1. The van der Waals surface area contributed by atoms with Gasteiger partial charge < -0.3 is 10.6 Å². The van der Waals surface area contributed by atoms with Crippen molar-refractivity contribution in [2.75, 3.05) is 17.6 Å². The summed E-state index contributed by atoms with van der Waals surface area (Å²) in [7, 11) is 0. The second-order valence-electron chi connectivity index (χ2n) is 4.11. The molecule has 1 aliphatic heterocycles. The van der Waals surface area contributed by atoms with E-state index in [1.807, 2.05) is 0 Å². The molecule has 2 rings (SSSR count). The molecule has 1 heterocycles.